The first-order chi connectivity index (χ1) is 14.8. The van der Waals surface area contributed by atoms with Gasteiger partial charge < -0.3 is 20.0 Å². The highest BCUT2D eigenvalue weighted by atomic mass is 31.2. The fourth-order valence-electron chi connectivity index (χ4n) is 8.99. The first-order valence-electron chi connectivity index (χ1n) is 12.5. The number of carbonyl (C=O) groups is 1. The fraction of sp³-hybridized carbons (Fsp3) is 0.958. The van der Waals surface area contributed by atoms with Gasteiger partial charge >= 0.3 is 13.8 Å². The van der Waals surface area contributed by atoms with E-state index in [1.165, 1.54) is 0 Å². The molecule has 4 aliphatic rings. The summed E-state index contributed by atoms with van der Waals surface area (Å²) in [5.74, 6) is 1.00. The van der Waals surface area contributed by atoms with Gasteiger partial charge in [0.15, 0.2) is 0 Å². The highest BCUT2D eigenvalue weighted by molar-refractivity contribution is 7.46. The lowest BCUT2D eigenvalue weighted by atomic mass is 9.43. The molecule has 7 nitrogen and oxygen atoms in total. The second-order valence-corrected chi connectivity index (χ2v) is 13.1. The van der Waals surface area contributed by atoms with Crippen molar-refractivity contribution in [2.45, 2.75) is 97.2 Å². The van der Waals surface area contributed by atoms with E-state index < -0.39 is 19.9 Å². The van der Waals surface area contributed by atoms with Crippen LogP contribution >= 0.6 is 7.82 Å². The predicted molar refractivity (Wildman–Crippen MR) is 120 cm³/mol. The van der Waals surface area contributed by atoms with E-state index in [4.69, 9.17) is 9.63 Å². The Morgan fingerprint density at radius 1 is 1.06 bits per heavy atom. The zero-order chi connectivity index (χ0) is 23.5. The van der Waals surface area contributed by atoms with Crippen molar-refractivity contribution < 1.29 is 33.9 Å². The molecule has 0 aromatic rings. The van der Waals surface area contributed by atoms with E-state index in [1.807, 2.05) is 0 Å². The lowest BCUT2D eigenvalue weighted by molar-refractivity contribution is -0.171. The van der Waals surface area contributed by atoms with Crippen molar-refractivity contribution in [2.75, 3.05) is 0 Å². The summed E-state index contributed by atoms with van der Waals surface area (Å²) in [6.45, 7) is 6.87. The van der Waals surface area contributed by atoms with Crippen LogP contribution in [0.15, 0.2) is 0 Å². The Morgan fingerprint density at radius 2 is 1.72 bits per heavy atom. The van der Waals surface area contributed by atoms with Crippen molar-refractivity contribution in [1.29, 1.82) is 0 Å². The molecule has 32 heavy (non-hydrogen) atoms. The second-order valence-electron chi connectivity index (χ2n) is 11.9. The fourth-order valence-corrected chi connectivity index (χ4v) is 9.57. The molecule has 4 fully saturated rings. The van der Waals surface area contributed by atoms with Crippen LogP contribution in [0.2, 0.25) is 0 Å². The van der Waals surface area contributed by atoms with Crippen molar-refractivity contribution in [3.8, 4) is 0 Å². The molecule has 0 bridgehead atoms. The van der Waals surface area contributed by atoms with E-state index in [1.54, 1.807) is 0 Å². The number of rotatable bonds is 6. The van der Waals surface area contributed by atoms with E-state index in [2.05, 4.69) is 20.8 Å². The summed E-state index contributed by atoms with van der Waals surface area (Å²) < 4.78 is 17.5. The quantitative estimate of drug-likeness (QED) is 0.417. The number of phosphoric acid groups is 1. The Hall–Kier alpha value is -0.460. The highest BCUT2D eigenvalue weighted by Gasteiger charge is 2.63. The van der Waals surface area contributed by atoms with E-state index in [0.717, 1.165) is 38.5 Å². The molecule has 0 aromatic heterocycles. The smallest absolute Gasteiger partial charge is 0.469 e. The van der Waals surface area contributed by atoms with Crippen LogP contribution in [0, 0.1) is 46.3 Å². The molecule has 184 valence electrons. The average Bonchev–Trinajstić information content (AvgIpc) is 3.03. The summed E-state index contributed by atoms with van der Waals surface area (Å²) in [4.78, 5) is 30.6. The first kappa shape index (κ1) is 24.7. The van der Waals surface area contributed by atoms with Crippen molar-refractivity contribution in [1.82, 2.24) is 0 Å². The molecule has 0 amide bonds. The van der Waals surface area contributed by atoms with Gasteiger partial charge in [-0.2, -0.15) is 0 Å². The van der Waals surface area contributed by atoms with Crippen LogP contribution in [0.3, 0.4) is 0 Å². The van der Waals surface area contributed by atoms with Gasteiger partial charge in [-0.25, -0.2) is 4.57 Å². The Bertz CT molecular complexity index is 767. The molecule has 4 rings (SSSR count). The van der Waals surface area contributed by atoms with Gasteiger partial charge in [0.25, 0.3) is 0 Å². The molecule has 4 aliphatic carbocycles. The Labute approximate surface area is 191 Å². The van der Waals surface area contributed by atoms with Crippen LogP contribution in [0.5, 0.6) is 0 Å². The van der Waals surface area contributed by atoms with Crippen molar-refractivity contribution in [3.05, 3.63) is 0 Å². The number of hydrogen-bond donors (Lipinski definition) is 4. The maximum atomic E-state index is 11.9. The summed E-state index contributed by atoms with van der Waals surface area (Å²) in [5.41, 5.74) is 0.125. The SMILES string of the molecule is C[C@H](CCC(=O)O)[C@H]1CC[C@H]2[C@@H]3C(OP(=O)(O)O)C[C@@H]4C[C@H](O)CC[C@]4(C)[C@H]3CC[C@]12C. The summed E-state index contributed by atoms with van der Waals surface area (Å²) in [6.07, 6.45) is 7.27. The maximum absolute atomic E-state index is 11.9. The number of aliphatic carboxylic acids is 1. The standard InChI is InChI=1S/C24H41O7P/c1-14(4-7-21(26)27)17-5-6-18-22-19(9-11-24(17,18)3)23(2)10-8-16(25)12-15(23)13-20(22)31-32(28,29)30/h14-20,22,25H,4-13H2,1-3H3,(H,26,27)(H2,28,29,30)/t14-,15+,16-,17-,18+,19+,20?,22+,23+,24-/m1/s1. The predicted octanol–water partition coefficient (Wildman–Crippen LogP) is 4.59. The third-order valence-corrected chi connectivity index (χ3v) is 11.0. The largest absolute Gasteiger partial charge is 0.481 e. The molecule has 1 unspecified atom stereocenters. The van der Waals surface area contributed by atoms with Crippen LogP contribution < -0.4 is 0 Å². The first-order valence-corrected chi connectivity index (χ1v) is 14.0. The van der Waals surface area contributed by atoms with E-state index in [0.29, 0.717) is 42.9 Å². The number of aliphatic hydroxyl groups is 1. The number of hydrogen-bond acceptors (Lipinski definition) is 4. The number of fused-ring (bicyclic) bond motifs is 5. The number of carboxylic acids is 1. The second kappa shape index (κ2) is 8.64. The minimum atomic E-state index is -4.62. The van der Waals surface area contributed by atoms with Crippen molar-refractivity contribution in [2.24, 2.45) is 46.3 Å². The third kappa shape index (κ3) is 4.33. The molecular formula is C24H41O7P. The molecule has 0 saturated heterocycles. The minimum Gasteiger partial charge on any atom is -0.481 e. The molecule has 0 radical (unpaired) electrons. The van der Waals surface area contributed by atoms with Crippen LogP contribution in [-0.2, 0) is 13.9 Å². The number of carboxylic acid groups (broad SMARTS) is 1. The van der Waals surface area contributed by atoms with Crippen LogP contribution in [0.1, 0.15) is 85.0 Å². The summed E-state index contributed by atoms with van der Waals surface area (Å²) in [7, 11) is -4.62. The molecule has 0 aliphatic heterocycles. The minimum absolute atomic E-state index is 0.0486. The van der Waals surface area contributed by atoms with Crippen molar-refractivity contribution >= 4 is 13.8 Å². The lowest BCUT2D eigenvalue weighted by Crippen LogP contribution is -2.59. The Balaban J connectivity index is 1.64. The molecule has 4 N–H and O–H groups in total. The van der Waals surface area contributed by atoms with E-state index in [9.17, 15) is 24.3 Å². The van der Waals surface area contributed by atoms with Gasteiger partial charge in [0, 0.05) is 6.42 Å². The van der Waals surface area contributed by atoms with E-state index >= 15 is 0 Å². The van der Waals surface area contributed by atoms with Gasteiger partial charge in [0.1, 0.15) is 0 Å². The van der Waals surface area contributed by atoms with Gasteiger partial charge in [-0.1, -0.05) is 20.8 Å². The summed E-state index contributed by atoms with van der Waals surface area (Å²) in [6, 6.07) is 0. The number of aliphatic hydroxyl groups excluding tert-OH is 1. The Kier molecular flexibility index (Phi) is 6.66. The van der Waals surface area contributed by atoms with Gasteiger partial charge in [-0.15, -0.1) is 0 Å². The summed E-state index contributed by atoms with van der Waals surface area (Å²) >= 11 is 0. The molecule has 0 aromatic carbocycles. The van der Waals surface area contributed by atoms with Crippen LogP contribution in [0.4, 0.5) is 0 Å². The summed E-state index contributed by atoms with van der Waals surface area (Å²) in [5, 5.41) is 19.5. The van der Waals surface area contributed by atoms with Gasteiger partial charge in [0.05, 0.1) is 12.2 Å². The topological polar surface area (TPSA) is 124 Å². The van der Waals surface area contributed by atoms with Crippen LogP contribution in [-0.4, -0.2) is 38.2 Å². The third-order valence-electron chi connectivity index (χ3n) is 10.5. The molecule has 0 spiro atoms. The van der Waals surface area contributed by atoms with Crippen LogP contribution in [0.25, 0.3) is 0 Å². The normalized spacial score (nSPS) is 47.2. The average molecular weight is 473 g/mol. The molecule has 0 heterocycles. The molecule has 4 saturated carbocycles. The zero-order valence-electron chi connectivity index (χ0n) is 19.7. The highest BCUT2D eigenvalue weighted by Crippen LogP contribution is 2.69. The molecule has 10 atom stereocenters. The number of phosphoric ester groups is 1. The van der Waals surface area contributed by atoms with E-state index in [-0.39, 0.29) is 35.2 Å². The zero-order valence-corrected chi connectivity index (χ0v) is 20.5. The maximum Gasteiger partial charge on any atom is 0.469 e. The van der Waals surface area contributed by atoms with Gasteiger partial charge in [-0.05, 0) is 104 Å². The lowest BCUT2D eigenvalue weighted by Gasteiger charge is -2.63. The monoisotopic (exact) mass is 472 g/mol. The Morgan fingerprint density at radius 3 is 2.38 bits per heavy atom. The van der Waals surface area contributed by atoms with Crippen molar-refractivity contribution in [3.63, 3.8) is 0 Å². The molecular weight excluding hydrogens is 431 g/mol. The van der Waals surface area contributed by atoms with Gasteiger partial charge in [0.2, 0.25) is 0 Å². The van der Waals surface area contributed by atoms with Gasteiger partial charge in [-0.3, -0.25) is 9.32 Å². The molecule has 8 heteroatoms.